The highest BCUT2D eigenvalue weighted by atomic mass is 19.1. The Morgan fingerprint density at radius 2 is 1.89 bits per heavy atom. The van der Waals surface area contributed by atoms with Crippen LogP contribution < -0.4 is 14.5 Å². The summed E-state index contributed by atoms with van der Waals surface area (Å²) in [7, 11) is 0.500. The van der Waals surface area contributed by atoms with Gasteiger partial charge in [-0.3, -0.25) is 14.1 Å². The molecule has 3 fully saturated rings. The zero-order valence-corrected chi connectivity index (χ0v) is 26.0. The quantitative estimate of drug-likeness (QED) is 0.363. The van der Waals surface area contributed by atoms with E-state index in [1.807, 2.05) is 11.8 Å². The molecule has 0 spiro atoms. The Labute approximate surface area is 262 Å². The number of aromatic nitrogens is 2. The van der Waals surface area contributed by atoms with Gasteiger partial charge in [-0.2, -0.15) is 15.2 Å². The number of anilines is 2. The Morgan fingerprint density at radius 1 is 1.11 bits per heavy atom. The Bertz CT molecular complexity index is 1630. The third-order valence-corrected chi connectivity index (χ3v) is 9.92. The SMILES string of the molecule is CCc1c(F)ccc2cc(O)cc(N3Cc4nc(OCC56CCCN5CCC6)nc(N5CCCCC(C#N)C5)c4C3=O)c12.CF. The molecule has 5 heterocycles. The number of aromatic hydroxyl groups is 1. The number of ether oxygens (including phenoxy) is 1. The van der Waals surface area contributed by atoms with Crippen molar-refractivity contribution in [3.63, 3.8) is 0 Å². The van der Waals surface area contributed by atoms with Crippen LogP contribution in [-0.2, 0) is 13.0 Å². The fraction of sp³-hybridized carbons (Fsp3) is 0.529. The predicted molar refractivity (Wildman–Crippen MR) is 168 cm³/mol. The van der Waals surface area contributed by atoms with Gasteiger partial charge >= 0.3 is 6.01 Å². The molecule has 238 valence electrons. The van der Waals surface area contributed by atoms with Crippen LogP contribution in [0.4, 0.5) is 20.3 Å². The van der Waals surface area contributed by atoms with Gasteiger partial charge in [-0.15, -0.1) is 0 Å². The number of fused-ring (bicyclic) bond motifs is 3. The number of carbonyl (C=O) groups is 1. The van der Waals surface area contributed by atoms with Gasteiger partial charge in [-0.25, -0.2) is 4.39 Å². The Morgan fingerprint density at radius 3 is 2.62 bits per heavy atom. The summed E-state index contributed by atoms with van der Waals surface area (Å²) < 4.78 is 30.9. The molecule has 3 saturated heterocycles. The smallest absolute Gasteiger partial charge is 0.318 e. The molecule has 1 N–H and O–H groups in total. The third kappa shape index (κ3) is 5.54. The summed E-state index contributed by atoms with van der Waals surface area (Å²) in [5, 5.41) is 21.7. The van der Waals surface area contributed by atoms with E-state index in [2.05, 4.69) is 11.0 Å². The van der Waals surface area contributed by atoms with Gasteiger partial charge in [0.1, 0.15) is 29.6 Å². The van der Waals surface area contributed by atoms with Crippen molar-refractivity contribution in [3.8, 4) is 17.8 Å². The number of benzene rings is 2. The van der Waals surface area contributed by atoms with E-state index in [-0.39, 0.29) is 41.5 Å². The first-order valence-electron chi connectivity index (χ1n) is 16.0. The van der Waals surface area contributed by atoms with Crippen LogP contribution in [0, 0.1) is 23.1 Å². The van der Waals surface area contributed by atoms with E-state index in [9.17, 15) is 23.9 Å². The number of alkyl halides is 1. The Balaban J connectivity index is 0.00000175. The topological polar surface area (TPSA) is 106 Å². The average Bonchev–Trinajstić information content (AvgIpc) is 3.67. The number of carbonyl (C=O) groups excluding carboxylic acids is 1. The van der Waals surface area contributed by atoms with Crippen LogP contribution in [0.15, 0.2) is 24.3 Å². The normalized spacial score (nSPS) is 20.8. The summed E-state index contributed by atoms with van der Waals surface area (Å²) in [6.45, 7) is 5.85. The lowest BCUT2D eigenvalue weighted by atomic mass is 9.95. The maximum Gasteiger partial charge on any atom is 0.318 e. The van der Waals surface area contributed by atoms with Gasteiger partial charge < -0.3 is 19.6 Å². The van der Waals surface area contributed by atoms with Crippen LogP contribution >= 0.6 is 0 Å². The summed E-state index contributed by atoms with van der Waals surface area (Å²) >= 11 is 0. The summed E-state index contributed by atoms with van der Waals surface area (Å²) in [6, 6.07) is 8.82. The van der Waals surface area contributed by atoms with Crippen LogP contribution in [0.3, 0.4) is 0 Å². The van der Waals surface area contributed by atoms with Crippen molar-refractivity contribution in [3.05, 3.63) is 46.9 Å². The zero-order valence-electron chi connectivity index (χ0n) is 26.0. The molecule has 0 aliphatic carbocycles. The highest BCUT2D eigenvalue weighted by Crippen LogP contribution is 2.42. The molecule has 0 saturated carbocycles. The van der Waals surface area contributed by atoms with E-state index in [1.165, 1.54) is 12.1 Å². The van der Waals surface area contributed by atoms with Crippen LogP contribution in [0.2, 0.25) is 0 Å². The number of halogens is 2. The zero-order chi connectivity index (χ0) is 31.7. The van der Waals surface area contributed by atoms with E-state index in [4.69, 9.17) is 14.7 Å². The van der Waals surface area contributed by atoms with Crippen molar-refractivity contribution in [2.75, 3.05) is 49.8 Å². The number of nitrogens with zero attached hydrogens (tertiary/aromatic N) is 6. The molecule has 4 aliphatic heterocycles. The van der Waals surface area contributed by atoms with Crippen molar-refractivity contribution < 1.29 is 23.4 Å². The number of phenolic OH excluding ortho intramolecular Hbond substituents is 1. The Hall–Kier alpha value is -4.04. The minimum atomic E-state index is -0.346. The second-order valence-corrected chi connectivity index (χ2v) is 12.5. The van der Waals surface area contributed by atoms with Crippen LogP contribution in [0.1, 0.15) is 73.5 Å². The third-order valence-electron chi connectivity index (χ3n) is 9.92. The van der Waals surface area contributed by atoms with Crippen molar-refractivity contribution in [2.45, 2.75) is 70.4 Å². The van der Waals surface area contributed by atoms with Crippen molar-refractivity contribution in [1.82, 2.24) is 14.9 Å². The van der Waals surface area contributed by atoms with E-state index in [1.54, 1.807) is 17.0 Å². The summed E-state index contributed by atoms with van der Waals surface area (Å²) in [5.74, 6) is -0.324. The number of rotatable bonds is 6. The molecule has 45 heavy (non-hydrogen) atoms. The van der Waals surface area contributed by atoms with E-state index < -0.39 is 0 Å². The molecule has 9 nitrogen and oxygen atoms in total. The molecule has 7 rings (SSSR count). The monoisotopic (exact) mass is 618 g/mol. The van der Waals surface area contributed by atoms with Gasteiger partial charge in [-0.1, -0.05) is 19.4 Å². The molecular formula is C34H40F2N6O3. The molecule has 4 aliphatic rings. The molecule has 1 atom stereocenters. The summed E-state index contributed by atoms with van der Waals surface area (Å²) in [4.78, 5) is 30.1. The highest BCUT2D eigenvalue weighted by molar-refractivity contribution is 6.16. The van der Waals surface area contributed by atoms with Crippen LogP contribution in [0.5, 0.6) is 11.8 Å². The molecular weight excluding hydrogens is 578 g/mol. The van der Waals surface area contributed by atoms with Gasteiger partial charge in [0, 0.05) is 24.5 Å². The number of aryl methyl sites for hydroxylation is 1. The lowest BCUT2D eigenvalue weighted by Gasteiger charge is -2.31. The standard InChI is InChI=1S/C33H37FN6O3.CH3F/c1-2-24-25(34)9-8-22-15-23(41)16-27(28(22)24)40-19-26-29(31(40)42)30(38-12-4-3-7-21(17-35)18-38)37-32(36-26)43-20-33-10-5-13-39(33)14-6-11-33;1-2/h8-9,15-16,21,41H,2-7,10-14,18-20H2,1H3;1H3. The van der Waals surface area contributed by atoms with E-state index >= 15 is 0 Å². The maximum absolute atomic E-state index is 15.0. The number of phenols is 1. The summed E-state index contributed by atoms with van der Waals surface area (Å²) in [5.41, 5.74) is 1.88. The molecule has 1 unspecified atom stereocenters. The fourth-order valence-electron chi connectivity index (χ4n) is 7.78. The van der Waals surface area contributed by atoms with Crippen LogP contribution in [0.25, 0.3) is 10.8 Å². The predicted octanol–water partition coefficient (Wildman–Crippen LogP) is 5.92. The second kappa shape index (κ2) is 12.8. The van der Waals surface area contributed by atoms with Gasteiger partial charge in [0.15, 0.2) is 0 Å². The van der Waals surface area contributed by atoms with Gasteiger partial charge in [0.25, 0.3) is 5.91 Å². The van der Waals surface area contributed by atoms with Crippen LogP contribution in [-0.4, -0.2) is 71.4 Å². The number of hydrogen-bond acceptors (Lipinski definition) is 8. The van der Waals surface area contributed by atoms with Crippen molar-refractivity contribution in [2.24, 2.45) is 5.92 Å². The molecule has 0 radical (unpaired) electrons. The first-order valence-corrected chi connectivity index (χ1v) is 16.0. The molecule has 3 aromatic rings. The second-order valence-electron chi connectivity index (χ2n) is 12.5. The maximum atomic E-state index is 15.0. The molecule has 1 amide bonds. The van der Waals surface area contributed by atoms with Crippen molar-refractivity contribution >= 4 is 28.2 Å². The highest BCUT2D eigenvalue weighted by Gasteiger charge is 2.45. The minimum Gasteiger partial charge on any atom is -0.508 e. The van der Waals surface area contributed by atoms with Gasteiger partial charge in [-0.05, 0) is 81.1 Å². The molecule has 2 aromatic carbocycles. The fourth-order valence-corrected chi connectivity index (χ4v) is 7.78. The van der Waals surface area contributed by atoms with Gasteiger partial charge in [0.05, 0.1) is 42.6 Å². The number of hydrogen-bond donors (Lipinski definition) is 1. The average molecular weight is 619 g/mol. The van der Waals surface area contributed by atoms with Gasteiger partial charge in [0.2, 0.25) is 0 Å². The largest absolute Gasteiger partial charge is 0.508 e. The number of nitriles is 1. The first-order chi connectivity index (χ1) is 21.9. The lowest BCUT2D eigenvalue weighted by molar-refractivity contribution is 0.0996. The number of amides is 1. The van der Waals surface area contributed by atoms with E-state index in [0.29, 0.717) is 72.4 Å². The molecule has 1 aromatic heterocycles. The summed E-state index contributed by atoms with van der Waals surface area (Å²) in [6.07, 6.45) is 7.56. The molecule has 11 heteroatoms. The Kier molecular flexibility index (Phi) is 8.78. The lowest BCUT2D eigenvalue weighted by Crippen LogP contribution is -2.43. The molecule has 0 bridgehead atoms. The first kappa shape index (κ1) is 31.0. The van der Waals surface area contributed by atoms with Crippen molar-refractivity contribution in [1.29, 1.82) is 5.26 Å². The van der Waals surface area contributed by atoms with E-state index in [0.717, 1.165) is 58.0 Å². The minimum absolute atomic E-state index is 0.00318.